The lowest BCUT2D eigenvalue weighted by Crippen LogP contribution is -2.15. The largest absolute Gasteiger partial charge is 0.494 e. The van der Waals surface area contributed by atoms with E-state index in [-0.39, 0.29) is 0 Å². The maximum absolute atomic E-state index is 5.82. The Bertz CT molecular complexity index is 766. The molecular weight excluding hydrogens is 300 g/mol. The van der Waals surface area contributed by atoms with Crippen LogP contribution in [0.25, 0.3) is 22.6 Å². The predicted octanol–water partition coefficient (Wildman–Crippen LogP) is 4.34. The highest BCUT2D eigenvalue weighted by molar-refractivity contribution is 5.67. The Kier molecular flexibility index (Phi) is 5.29. The van der Waals surface area contributed by atoms with Gasteiger partial charge < -0.3 is 14.2 Å². The second-order valence-corrected chi connectivity index (χ2v) is 5.98. The number of ether oxygens (including phenoxy) is 1. The van der Waals surface area contributed by atoms with Gasteiger partial charge in [0.1, 0.15) is 11.4 Å². The highest BCUT2D eigenvalue weighted by atomic mass is 16.5. The third-order valence-corrected chi connectivity index (χ3v) is 3.72. The van der Waals surface area contributed by atoms with Gasteiger partial charge in [0.2, 0.25) is 0 Å². The van der Waals surface area contributed by atoms with Crippen molar-refractivity contribution in [3.8, 4) is 28.3 Å². The van der Waals surface area contributed by atoms with Crippen molar-refractivity contribution in [3.05, 3.63) is 60.7 Å². The van der Waals surface area contributed by atoms with Gasteiger partial charge in [-0.25, -0.2) is 0 Å². The Hall–Kier alpha value is -2.59. The van der Waals surface area contributed by atoms with Gasteiger partial charge in [-0.1, -0.05) is 47.6 Å². The van der Waals surface area contributed by atoms with Gasteiger partial charge >= 0.3 is 0 Å². The minimum atomic E-state index is 0.704. The zero-order valence-electron chi connectivity index (χ0n) is 14.1. The van der Waals surface area contributed by atoms with Gasteiger partial charge in [-0.3, -0.25) is 0 Å². The summed E-state index contributed by atoms with van der Waals surface area (Å²) in [5, 5.41) is 4.19. The molecule has 0 saturated carbocycles. The zero-order valence-corrected chi connectivity index (χ0v) is 14.1. The standard InChI is InChI=1S/C20H22N2O2/c1-22(2)12-7-13-23-18-11-6-10-17(14-18)19-15-20(24-21-19)16-8-4-3-5-9-16/h3-6,8-11,14-15H,7,12-13H2,1-2H3. The van der Waals surface area contributed by atoms with E-state index in [4.69, 9.17) is 9.26 Å². The van der Waals surface area contributed by atoms with Crippen LogP contribution in [0.1, 0.15) is 6.42 Å². The fourth-order valence-electron chi connectivity index (χ4n) is 2.47. The minimum Gasteiger partial charge on any atom is -0.494 e. The Morgan fingerprint density at radius 2 is 1.75 bits per heavy atom. The van der Waals surface area contributed by atoms with E-state index in [1.807, 2.05) is 60.7 Å². The molecule has 0 spiro atoms. The van der Waals surface area contributed by atoms with Crippen molar-refractivity contribution in [2.24, 2.45) is 0 Å². The Balaban J connectivity index is 1.69. The molecule has 0 aliphatic rings. The molecule has 0 N–H and O–H groups in total. The van der Waals surface area contributed by atoms with Crippen molar-refractivity contribution >= 4 is 0 Å². The van der Waals surface area contributed by atoms with Crippen LogP contribution in [0.2, 0.25) is 0 Å². The second kappa shape index (κ2) is 7.79. The first kappa shape index (κ1) is 16.3. The average molecular weight is 322 g/mol. The number of nitrogens with zero attached hydrogens (tertiary/aromatic N) is 2. The van der Waals surface area contributed by atoms with Crippen LogP contribution in [-0.4, -0.2) is 37.3 Å². The SMILES string of the molecule is CN(C)CCCOc1cccc(-c2cc(-c3ccccc3)on2)c1. The van der Waals surface area contributed by atoms with Crippen molar-refractivity contribution in [1.29, 1.82) is 0 Å². The van der Waals surface area contributed by atoms with Crippen molar-refractivity contribution in [2.75, 3.05) is 27.2 Å². The van der Waals surface area contributed by atoms with Gasteiger partial charge in [0, 0.05) is 23.7 Å². The van der Waals surface area contributed by atoms with E-state index in [1.54, 1.807) is 0 Å². The van der Waals surface area contributed by atoms with Gasteiger partial charge in [0.05, 0.1) is 6.61 Å². The number of hydrogen-bond acceptors (Lipinski definition) is 4. The Morgan fingerprint density at radius 3 is 2.54 bits per heavy atom. The monoisotopic (exact) mass is 322 g/mol. The highest BCUT2D eigenvalue weighted by Crippen LogP contribution is 2.27. The van der Waals surface area contributed by atoms with Crippen LogP contribution in [0.3, 0.4) is 0 Å². The summed E-state index contributed by atoms with van der Waals surface area (Å²) in [5.74, 6) is 1.62. The molecule has 1 aromatic heterocycles. The molecule has 0 radical (unpaired) electrons. The molecule has 1 heterocycles. The quantitative estimate of drug-likeness (QED) is 0.607. The molecule has 24 heavy (non-hydrogen) atoms. The van der Waals surface area contributed by atoms with Crippen LogP contribution in [-0.2, 0) is 0 Å². The van der Waals surface area contributed by atoms with Crippen molar-refractivity contribution < 1.29 is 9.26 Å². The molecule has 2 aromatic carbocycles. The molecule has 0 amide bonds. The van der Waals surface area contributed by atoms with Gasteiger partial charge in [0.25, 0.3) is 0 Å². The lowest BCUT2D eigenvalue weighted by molar-refractivity contribution is 0.281. The molecule has 4 nitrogen and oxygen atoms in total. The number of hydrogen-bond donors (Lipinski definition) is 0. The smallest absolute Gasteiger partial charge is 0.167 e. The van der Waals surface area contributed by atoms with Crippen molar-refractivity contribution in [1.82, 2.24) is 10.1 Å². The molecule has 4 heteroatoms. The summed E-state index contributed by atoms with van der Waals surface area (Å²) in [6, 6.07) is 19.9. The molecular formula is C20H22N2O2. The van der Waals surface area contributed by atoms with Crippen LogP contribution in [0.5, 0.6) is 5.75 Å². The maximum Gasteiger partial charge on any atom is 0.167 e. The second-order valence-electron chi connectivity index (χ2n) is 5.98. The van der Waals surface area contributed by atoms with Crippen molar-refractivity contribution in [2.45, 2.75) is 6.42 Å². The fourth-order valence-corrected chi connectivity index (χ4v) is 2.47. The molecule has 0 aliphatic heterocycles. The van der Waals surface area contributed by atoms with E-state index in [1.165, 1.54) is 0 Å². The molecule has 0 saturated heterocycles. The lowest BCUT2D eigenvalue weighted by atomic mass is 10.1. The van der Waals surface area contributed by atoms with Crippen molar-refractivity contribution in [3.63, 3.8) is 0 Å². The summed E-state index contributed by atoms with van der Waals surface area (Å²) in [6.45, 7) is 1.72. The van der Waals surface area contributed by atoms with Crippen LogP contribution >= 0.6 is 0 Å². The molecule has 0 bridgehead atoms. The van der Waals surface area contributed by atoms with Crippen LogP contribution in [0.15, 0.2) is 65.2 Å². The first-order chi connectivity index (χ1) is 11.7. The van der Waals surface area contributed by atoms with E-state index in [2.05, 4.69) is 24.2 Å². The third-order valence-electron chi connectivity index (χ3n) is 3.72. The normalized spacial score (nSPS) is 11.0. The molecule has 0 aliphatic carbocycles. The summed E-state index contributed by atoms with van der Waals surface area (Å²) in [4.78, 5) is 2.15. The number of rotatable bonds is 7. The third kappa shape index (κ3) is 4.24. The molecule has 0 unspecified atom stereocenters. The average Bonchev–Trinajstić information content (AvgIpc) is 3.10. The van der Waals surface area contributed by atoms with E-state index in [9.17, 15) is 0 Å². The Labute approximate surface area is 142 Å². The van der Waals surface area contributed by atoms with E-state index < -0.39 is 0 Å². The number of aromatic nitrogens is 1. The summed E-state index contributed by atoms with van der Waals surface area (Å²) in [5.41, 5.74) is 2.82. The summed E-state index contributed by atoms with van der Waals surface area (Å²) < 4.78 is 11.3. The molecule has 3 rings (SSSR count). The van der Waals surface area contributed by atoms with Crippen LogP contribution in [0, 0.1) is 0 Å². The number of benzene rings is 2. The van der Waals surface area contributed by atoms with E-state index in [0.29, 0.717) is 6.61 Å². The Morgan fingerprint density at radius 1 is 0.958 bits per heavy atom. The maximum atomic E-state index is 5.82. The summed E-state index contributed by atoms with van der Waals surface area (Å²) in [6.07, 6.45) is 0.999. The first-order valence-corrected chi connectivity index (χ1v) is 8.12. The molecule has 0 fully saturated rings. The summed E-state index contributed by atoms with van der Waals surface area (Å²) >= 11 is 0. The lowest BCUT2D eigenvalue weighted by Gasteiger charge is -2.10. The molecule has 0 atom stereocenters. The molecule has 3 aromatic rings. The van der Waals surface area contributed by atoms with Gasteiger partial charge in [-0.15, -0.1) is 0 Å². The van der Waals surface area contributed by atoms with Gasteiger partial charge in [0.15, 0.2) is 5.76 Å². The van der Waals surface area contributed by atoms with Crippen LogP contribution in [0.4, 0.5) is 0 Å². The van der Waals surface area contributed by atoms with Gasteiger partial charge in [-0.2, -0.15) is 0 Å². The van der Waals surface area contributed by atoms with Gasteiger partial charge in [-0.05, 0) is 32.6 Å². The minimum absolute atomic E-state index is 0.704. The van der Waals surface area contributed by atoms with E-state index >= 15 is 0 Å². The summed E-state index contributed by atoms with van der Waals surface area (Å²) in [7, 11) is 4.13. The van der Waals surface area contributed by atoms with E-state index in [0.717, 1.165) is 41.3 Å². The molecule has 124 valence electrons. The topological polar surface area (TPSA) is 38.5 Å². The first-order valence-electron chi connectivity index (χ1n) is 8.12. The zero-order chi connectivity index (χ0) is 16.8. The highest BCUT2D eigenvalue weighted by Gasteiger charge is 2.09. The van der Waals surface area contributed by atoms with Crippen LogP contribution < -0.4 is 4.74 Å². The fraction of sp³-hybridized carbons (Fsp3) is 0.250. The predicted molar refractivity (Wildman–Crippen MR) is 96.0 cm³/mol.